The largest absolute Gasteiger partial charge is 0.356 e. The lowest BCUT2D eigenvalue weighted by atomic mass is 9.94. The zero-order chi connectivity index (χ0) is 16.5. The Labute approximate surface area is 134 Å². The van der Waals surface area contributed by atoms with E-state index in [0.717, 1.165) is 12.1 Å². The van der Waals surface area contributed by atoms with Crippen molar-refractivity contribution in [3.63, 3.8) is 0 Å². The van der Waals surface area contributed by atoms with E-state index in [-0.39, 0.29) is 40.8 Å². The van der Waals surface area contributed by atoms with Crippen molar-refractivity contribution < 1.29 is 18.7 Å². The number of aromatic nitrogens is 2. The van der Waals surface area contributed by atoms with E-state index in [9.17, 15) is 14.4 Å². The molecule has 1 aromatic heterocycles. The summed E-state index contributed by atoms with van der Waals surface area (Å²) in [7, 11) is 0. The molecule has 0 aliphatic rings. The van der Waals surface area contributed by atoms with Crippen LogP contribution in [-0.4, -0.2) is 40.2 Å². The van der Waals surface area contributed by atoms with Crippen LogP contribution in [0.4, 0.5) is 0 Å². The lowest BCUT2D eigenvalue weighted by molar-refractivity contribution is -0.130. The molecule has 1 rings (SSSR count). The molecule has 0 fully saturated rings. The van der Waals surface area contributed by atoms with Gasteiger partial charge in [-0.25, -0.2) is 4.98 Å². The number of carbonyl (C=O) groups excluding carboxylic acids is 3. The minimum atomic E-state index is -0.583. The molecule has 3 N–H and O–H groups in total. The smallest absolute Gasteiger partial charge is 0.222 e. The van der Waals surface area contributed by atoms with Crippen LogP contribution in [0.3, 0.4) is 0 Å². The summed E-state index contributed by atoms with van der Waals surface area (Å²) in [6, 6.07) is -0.583. The van der Waals surface area contributed by atoms with E-state index in [1.807, 2.05) is 13.8 Å². The summed E-state index contributed by atoms with van der Waals surface area (Å²) in [4.78, 5) is 42.0. The zero-order valence-corrected chi connectivity index (χ0v) is 13.3. The molecule has 0 bridgehead atoms. The van der Waals surface area contributed by atoms with Gasteiger partial charge >= 0.3 is 0 Å². The quantitative estimate of drug-likeness (QED) is 0.639. The summed E-state index contributed by atoms with van der Waals surface area (Å²) in [5, 5.41) is 5.31. The fourth-order valence-electron chi connectivity index (χ4n) is 2.00. The Morgan fingerprint density at radius 2 is 2.14 bits per heavy atom. The number of nitrogens with one attached hydrogen (secondary N) is 3. The average Bonchev–Trinajstić information content (AvgIpc) is 2.97. The molecule has 1 aromatic rings. The van der Waals surface area contributed by atoms with Crippen molar-refractivity contribution in [2.24, 2.45) is 5.92 Å². The number of amides is 2. The SMILES string of the molecule is CCC(C)C(=O)[C@H](Cc1cnc[nH]1)NC(=O)CCNC(C)=O.[HH].[HH].[HH]. The number of Topliss-reactive ketones (excluding diaryl/α,β-unsaturated/α-hetero) is 1. The predicted octanol–water partition coefficient (Wildman–Crippen LogP) is 1.32. The molecule has 0 saturated heterocycles. The van der Waals surface area contributed by atoms with Gasteiger partial charge in [-0.2, -0.15) is 0 Å². The Kier molecular flexibility index (Phi) is 7.28. The molecular weight excluding hydrogens is 284 g/mol. The summed E-state index contributed by atoms with van der Waals surface area (Å²) < 4.78 is 0. The van der Waals surface area contributed by atoms with Crippen molar-refractivity contribution in [3.05, 3.63) is 18.2 Å². The lowest BCUT2D eigenvalue weighted by Crippen LogP contribution is -2.45. The molecule has 128 valence electrons. The number of nitrogens with zero attached hydrogens (tertiary/aromatic N) is 1. The molecule has 2 amide bonds. The third kappa shape index (κ3) is 6.07. The highest BCUT2D eigenvalue weighted by molar-refractivity contribution is 5.90. The molecule has 0 spiro atoms. The maximum absolute atomic E-state index is 12.4. The van der Waals surface area contributed by atoms with Gasteiger partial charge in [0.1, 0.15) is 0 Å². The van der Waals surface area contributed by atoms with Crippen LogP contribution in [0.25, 0.3) is 0 Å². The highest BCUT2D eigenvalue weighted by atomic mass is 16.2. The van der Waals surface area contributed by atoms with Crippen molar-refractivity contribution in [2.45, 2.75) is 46.1 Å². The number of hydrogen-bond acceptors (Lipinski definition) is 4. The predicted molar refractivity (Wildman–Crippen MR) is 88.3 cm³/mol. The van der Waals surface area contributed by atoms with Crippen molar-refractivity contribution in [1.82, 2.24) is 20.6 Å². The molecule has 1 unspecified atom stereocenters. The molecule has 7 heteroatoms. The minimum absolute atomic E-state index is 0. The maximum Gasteiger partial charge on any atom is 0.222 e. The molecule has 0 aromatic carbocycles. The number of aromatic amines is 1. The second-order valence-electron chi connectivity index (χ2n) is 5.35. The van der Waals surface area contributed by atoms with Crippen molar-refractivity contribution in [1.29, 1.82) is 0 Å². The lowest BCUT2D eigenvalue weighted by Gasteiger charge is -2.20. The summed E-state index contributed by atoms with van der Waals surface area (Å²) in [6.45, 7) is 5.45. The van der Waals surface area contributed by atoms with Crippen LogP contribution in [0.5, 0.6) is 0 Å². The fraction of sp³-hybridized carbons (Fsp3) is 0.600. The molecule has 0 saturated carbocycles. The van der Waals surface area contributed by atoms with E-state index in [2.05, 4.69) is 20.6 Å². The Morgan fingerprint density at radius 1 is 1.41 bits per heavy atom. The standard InChI is InChI=1S/C15H24N4O3.3H2/c1-4-10(2)15(22)13(7-12-8-16-9-18-12)19-14(21)5-6-17-11(3)20;;;/h8-10,13H,4-7H2,1-3H3,(H,16,18)(H,17,20)(H,19,21);3*1H/t10?,13-;;;/m0.../s1. The topological polar surface area (TPSA) is 104 Å². The Morgan fingerprint density at radius 3 is 2.68 bits per heavy atom. The van der Waals surface area contributed by atoms with Crippen LogP contribution in [0.15, 0.2) is 12.5 Å². The fourth-order valence-corrected chi connectivity index (χ4v) is 2.00. The van der Waals surface area contributed by atoms with Gasteiger partial charge in [-0.05, 0) is 6.42 Å². The second-order valence-corrected chi connectivity index (χ2v) is 5.35. The van der Waals surface area contributed by atoms with E-state index in [4.69, 9.17) is 0 Å². The first-order chi connectivity index (χ1) is 10.4. The van der Waals surface area contributed by atoms with Crippen molar-refractivity contribution in [3.8, 4) is 0 Å². The van der Waals surface area contributed by atoms with Crippen molar-refractivity contribution in [2.75, 3.05) is 6.54 Å². The van der Waals surface area contributed by atoms with Crippen molar-refractivity contribution >= 4 is 17.6 Å². The average molecular weight is 314 g/mol. The number of rotatable bonds is 9. The van der Waals surface area contributed by atoms with Crippen LogP contribution < -0.4 is 10.6 Å². The third-order valence-electron chi connectivity index (χ3n) is 3.48. The van der Waals surface area contributed by atoms with Gasteiger partial charge in [0.25, 0.3) is 0 Å². The van der Waals surface area contributed by atoms with E-state index in [0.29, 0.717) is 6.42 Å². The van der Waals surface area contributed by atoms with Crippen LogP contribution in [0, 0.1) is 5.92 Å². The Bertz CT molecular complexity index is 512. The third-order valence-corrected chi connectivity index (χ3v) is 3.48. The van der Waals surface area contributed by atoms with Gasteiger partial charge in [-0.15, -0.1) is 0 Å². The number of ketones is 1. The molecule has 7 nitrogen and oxygen atoms in total. The summed E-state index contributed by atoms with van der Waals surface area (Å²) in [5.41, 5.74) is 0.795. The van der Waals surface area contributed by atoms with Gasteiger partial charge in [-0.3, -0.25) is 14.4 Å². The molecule has 22 heavy (non-hydrogen) atoms. The summed E-state index contributed by atoms with van der Waals surface area (Å²) >= 11 is 0. The first kappa shape index (κ1) is 17.9. The molecule has 2 atom stereocenters. The highest BCUT2D eigenvalue weighted by Gasteiger charge is 2.25. The van der Waals surface area contributed by atoms with Gasteiger partial charge in [0.2, 0.25) is 11.8 Å². The molecule has 0 aliphatic carbocycles. The van der Waals surface area contributed by atoms with Crippen LogP contribution in [0.2, 0.25) is 0 Å². The van der Waals surface area contributed by atoms with E-state index in [1.165, 1.54) is 6.92 Å². The molecular formula is C15H30N4O3. The van der Waals surface area contributed by atoms with Crippen LogP contribution >= 0.6 is 0 Å². The first-order valence-electron chi connectivity index (χ1n) is 7.48. The summed E-state index contributed by atoms with van der Waals surface area (Å²) in [6.07, 6.45) is 4.43. The van der Waals surface area contributed by atoms with E-state index < -0.39 is 6.04 Å². The maximum atomic E-state index is 12.4. The normalized spacial score (nSPS) is 13.2. The summed E-state index contributed by atoms with van der Waals surface area (Å²) in [5.74, 6) is -0.555. The second kappa shape index (κ2) is 8.96. The molecule has 0 aliphatic heterocycles. The van der Waals surface area contributed by atoms with Gasteiger partial charge in [0.15, 0.2) is 5.78 Å². The first-order valence-corrected chi connectivity index (χ1v) is 7.48. The number of hydrogen-bond donors (Lipinski definition) is 3. The van der Waals surface area contributed by atoms with Gasteiger partial charge in [0, 0.05) is 48.4 Å². The van der Waals surface area contributed by atoms with E-state index in [1.54, 1.807) is 12.5 Å². The van der Waals surface area contributed by atoms with Gasteiger partial charge in [-0.1, -0.05) is 13.8 Å². The van der Waals surface area contributed by atoms with Gasteiger partial charge < -0.3 is 15.6 Å². The minimum Gasteiger partial charge on any atom is -0.356 e. The Balaban J connectivity index is -0.00000161. The zero-order valence-electron chi connectivity index (χ0n) is 13.3. The Hall–Kier alpha value is -2.18. The highest BCUT2D eigenvalue weighted by Crippen LogP contribution is 2.09. The van der Waals surface area contributed by atoms with E-state index >= 15 is 0 Å². The van der Waals surface area contributed by atoms with Gasteiger partial charge in [0.05, 0.1) is 12.4 Å². The van der Waals surface area contributed by atoms with Crippen LogP contribution in [-0.2, 0) is 20.8 Å². The number of carbonyl (C=O) groups is 3. The monoisotopic (exact) mass is 314 g/mol. The molecule has 1 heterocycles. The molecule has 0 radical (unpaired) electrons. The number of H-pyrrole nitrogens is 1. The van der Waals surface area contributed by atoms with Crippen LogP contribution in [0.1, 0.15) is 43.6 Å². The number of imidazole rings is 1.